The van der Waals surface area contributed by atoms with E-state index in [1.54, 1.807) is 0 Å². The molecule has 0 saturated carbocycles. The minimum Gasteiger partial charge on any atom is -0.413 e. The van der Waals surface area contributed by atoms with Gasteiger partial charge in [-0.2, -0.15) is 0 Å². The van der Waals surface area contributed by atoms with E-state index in [-0.39, 0.29) is 29.5 Å². The maximum absolute atomic E-state index is 7.46. The second kappa shape index (κ2) is 19.5. The Hall–Kier alpha value is -2.15. The molecule has 2 heterocycles. The number of hydrogen-bond donors (Lipinski definition) is 0. The fraction of sp³-hybridized carbons (Fsp3) is 0.617. The van der Waals surface area contributed by atoms with Crippen molar-refractivity contribution in [3.63, 3.8) is 0 Å². The van der Waals surface area contributed by atoms with E-state index in [2.05, 4.69) is 147 Å². The first-order valence-corrected chi connectivity index (χ1v) is 25.2. The van der Waals surface area contributed by atoms with E-state index >= 15 is 0 Å². The highest BCUT2D eigenvalue weighted by Crippen LogP contribution is 2.46. The molecule has 0 N–H and O–H groups in total. The summed E-state index contributed by atoms with van der Waals surface area (Å²) in [5, 5.41) is 2.54. The van der Waals surface area contributed by atoms with Gasteiger partial charge >= 0.3 is 0 Å². The van der Waals surface area contributed by atoms with Crippen LogP contribution in [0.5, 0.6) is 0 Å². The molecule has 304 valence electrons. The second-order valence-electron chi connectivity index (χ2n) is 18.2. The minimum absolute atomic E-state index is 0.0374. The van der Waals surface area contributed by atoms with E-state index in [0.717, 1.165) is 38.5 Å². The number of ether oxygens (including phenoxy) is 4. The Labute approximate surface area is 336 Å². The molecule has 3 aromatic rings. The van der Waals surface area contributed by atoms with Crippen molar-refractivity contribution in [2.24, 2.45) is 0 Å². The molecule has 2 fully saturated rings. The van der Waals surface area contributed by atoms with Gasteiger partial charge in [0, 0.05) is 33.0 Å². The molecule has 5 atom stereocenters. The van der Waals surface area contributed by atoms with Crippen LogP contribution in [0.1, 0.15) is 113 Å². The first-order chi connectivity index (χ1) is 26.2. The van der Waals surface area contributed by atoms with Crippen LogP contribution in [0.4, 0.5) is 0 Å². The average molecular weight is 789 g/mol. The van der Waals surface area contributed by atoms with Crippen molar-refractivity contribution in [3.8, 4) is 0 Å². The monoisotopic (exact) mass is 788 g/mol. The lowest BCUT2D eigenvalue weighted by molar-refractivity contribution is -0.288. The number of benzene rings is 3. The van der Waals surface area contributed by atoms with Crippen LogP contribution in [0.25, 0.3) is 0 Å². The quantitative estimate of drug-likeness (QED) is 0.120. The van der Waals surface area contributed by atoms with Crippen LogP contribution in [0.2, 0.25) is 21.7 Å². The third-order valence-electron chi connectivity index (χ3n) is 12.5. The van der Waals surface area contributed by atoms with E-state index in [4.69, 9.17) is 27.8 Å². The van der Waals surface area contributed by atoms with Crippen molar-refractivity contribution < 1.29 is 27.8 Å². The first-order valence-electron chi connectivity index (χ1n) is 21.2. The standard InChI is InChI=1S/C47H72O6Si2/c1-36(2)54(37(3)4,38(5)6)53-41-31-42(51-43(32-41)35-49-34-39-21-14-11-15-22-39)33-47(48-10)29-20-23-40(52-47)28-30-50-55(46(7,8)9,44-24-16-12-17-25-44)45-26-18-13-19-27-45/h11-19,21-22,24-27,36-38,40-43H,20,23,28-35H2,1-10H3/t40-,41+,42-,43+,47+/m0/s1. The van der Waals surface area contributed by atoms with Crippen LogP contribution < -0.4 is 10.4 Å². The molecule has 0 amide bonds. The van der Waals surface area contributed by atoms with Gasteiger partial charge in [-0.05, 0) is 63.3 Å². The minimum atomic E-state index is -2.63. The lowest BCUT2D eigenvalue weighted by Crippen LogP contribution is -2.66. The number of rotatable bonds is 18. The van der Waals surface area contributed by atoms with E-state index in [1.165, 1.54) is 15.9 Å². The highest BCUT2D eigenvalue weighted by molar-refractivity contribution is 6.99. The Balaban J connectivity index is 1.31. The fourth-order valence-electron chi connectivity index (χ4n) is 10.0. The maximum atomic E-state index is 7.46. The summed E-state index contributed by atoms with van der Waals surface area (Å²) in [6.07, 6.45) is 6.07. The molecule has 6 nitrogen and oxygen atoms in total. The van der Waals surface area contributed by atoms with Gasteiger partial charge in [-0.3, -0.25) is 0 Å². The van der Waals surface area contributed by atoms with Gasteiger partial charge < -0.3 is 27.8 Å². The van der Waals surface area contributed by atoms with Crippen molar-refractivity contribution in [2.45, 2.75) is 166 Å². The predicted octanol–water partition coefficient (Wildman–Crippen LogP) is 10.6. The van der Waals surface area contributed by atoms with Gasteiger partial charge in [-0.15, -0.1) is 0 Å². The van der Waals surface area contributed by atoms with Crippen LogP contribution in [0, 0.1) is 0 Å². The first kappa shape index (κ1) is 44.0. The molecule has 0 spiro atoms. The van der Waals surface area contributed by atoms with E-state index < -0.39 is 22.4 Å². The van der Waals surface area contributed by atoms with Gasteiger partial charge in [-0.1, -0.05) is 153 Å². The van der Waals surface area contributed by atoms with Crippen LogP contribution in [0.15, 0.2) is 91.0 Å². The Bertz CT molecular complexity index is 1480. The van der Waals surface area contributed by atoms with Gasteiger partial charge in [0.05, 0.1) is 37.6 Å². The van der Waals surface area contributed by atoms with Crippen LogP contribution in [-0.4, -0.2) is 67.2 Å². The summed E-state index contributed by atoms with van der Waals surface area (Å²) in [7, 11) is -2.93. The number of hydrogen-bond acceptors (Lipinski definition) is 6. The second-order valence-corrected chi connectivity index (χ2v) is 27.9. The molecule has 2 aliphatic heterocycles. The fourth-order valence-corrected chi connectivity index (χ4v) is 20.2. The smallest absolute Gasteiger partial charge is 0.261 e. The topological polar surface area (TPSA) is 55.4 Å². The van der Waals surface area contributed by atoms with Gasteiger partial charge in [-0.25, -0.2) is 0 Å². The Morgan fingerprint density at radius 3 is 1.82 bits per heavy atom. The SMILES string of the molecule is CO[C@]1(C[C@@H]2C[C@@H](O[Si](C(C)C)(C(C)C)C(C)C)C[C@H](COCc3ccccc3)O2)CCC[C@@H](CCO[Si](c2ccccc2)(c2ccccc2)C(C)(C)C)O1. The highest BCUT2D eigenvalue weighted by atomic mass is 28.4. The molecule has 0 radical (unpaired) electrons. The zero-order valence-corrected chi connectivity index (χ0v) is 37.7. The lowest BCUT2D eigenvalue weighted by atomic mass is 9.91. The Kier molecular flexibility index (Phi) is 15.6. The highest BCUT2D eigenvalue weighted by Gasteiger charge is 2.51. The van der Waals surface area contributed by atoms with Gasteiger partial charge in [0.2, 0.25) is 8.32 Å². The average Bonchev–Trinajstić information content (AvgIpc) is 3.16. The van der Waals surface area contributed by atoms with Crippen LogP contribution in [0.3, 0.4) is 0 Å². The summed E-state index contributed by atoms with van der Waals surface area (Å²) < 4.78 is 41.4. The Morgan fingerprint density at radius 1 is 0.745 bits per heavy atom. The molecule has 0 bridgehead atoms. The predicted molar refractivity (Wildman–Crippen MR) is 231 cm³/mol. The normalized spacial score (nSPS) is 24.2. The maximum Gasteiger partial charge on any atom is 0.261 e. The van der Waals surface area contributed by atoms with E-state index in [0.29, 0.717) is 42.9 Å². The Morgan fingerprint density at radius 2 is 1.29 bits per heavy atom. The molecular formula is C47H72O6Si2. The summed E-state index contributed by atoms with van der Waals surface area (Å²) in [6, 6.07) is 32.2. The van der Waals surface area contributed by atoms with Crippen LogP contribution >= 0.6 is 0 Å². The molecular weight excluding hydrogens is 717 g/mol. The molecule has 0 unspecified atom stereocenters. The van der Waals surface area contributed by atoms with Gasteiger partial charge in [0.25, 0.3) is 8.32 Å². The largest absolute Gasteiger partial charge is 0.413 e. The molecule has 2 saturated heterocycles. The van der Waals surface area contributed by atoms with Crippen LogP contribution in [-0.2, 0) is 34.4 Å². The van der Waals surface area contributed by atoms with E-state index in [1.807, 2.05) is 13.2 Å². The van der Waals surface area contributed by atoms with Gasteiger partial charge in [0.15, 0.2) is 5.79 Å². The zero-order valence-electron chi connectivity index (χ0n) is 35.7. The summed E-state index contributed by atoms with van der Waals surface area (Å²) >= 11 is 0. The molecule has 3 aromatic carbocycles. The molecule has 5 rings (SSSR count). The third kappa shape index (κ3) is 10.5. The summed E-state index contributed by atoms with van der Waals surface area (Å²) in [4.78, 5) is 0. The number of methoxy groups -OCH3 is 1. The molecule has 8 heteroatoms. The van der Waals surface area contributed by atoms with Crippen molar-refractivity contribution in [2.75, 3.05) is 20.3 Å². The summed E-state index contributed by atoms with van der Waals surface area (Å²) in [6.45, 7) is 23.0. The van der Waals surface area contributed by atoms with Crippen molar-refractivity contribution >= 4 is 27.0 Å². The van der Waals surface area contributed by atoms with Gasteiger partial charge in [0.1, 0.15) is 0 Å². The lowest BCUT2D eigenvalue weighted by Gasteiger charge is -2.48. The molecule has 0 aliphatic carbocycles. The third-order valence-corrected chi connectivity index (χ3v) is 23.7. The molecule has 55 heavy (non-hydrogen) atoms. The van der Waals surface area contributed by atoms with Crippen molar-refractivity contribution in [1.82, 2.24) is 0 Å². The van der Waals surface area contributed by atoms with Crippen molar-refractivity contribution in [3.05, 3.63) is 96.6 Å². The zero-order chi connectivity index (χ0) is 39.7. The summed E-state index contributed by atoms with van der Waals surface area (Å²) in [5.41, 5.74) is 2.72. The van der Waals surface area contributed by atoms with Crippen molar-refractivity contribution in [1.29, 1.82) is 0 Å². The molecule has 0 aromatic heterocycles. The van der Waals surface area contributed by atoms with E-state index in [9.17, 15) is 0 Å². The summed E-state index contributed by atoms with van der Waals surface area (Å²) in [5.74, 6) is -0.717. The molecule has 2 aliphatic rings.